The van der Waals surface area contributed by atoms with E-state index in [1.165, 1.54) is 6.08 Å². The summed E-state index contributed by atoms with van der Waals surface area (Å²) in [4.78, 5) is 27.3. The number of halogens is 2. The molecule has 0 aliphatic heterocycles. The van der Waals surface area contributed by atoms with Crippen molar-refractivity contribution in [1.29, 1.82) is 0 Å². The van der Waals surface area contributed by atoms with Gasteiger partial charge in [-0.3, -0.25) is 14.9 Å². The molecule has 1 aromatic heterocycles. The summed E-state index contributed by atoms with van der Waals surface area (Å²) in [5.74, 6) is -0.542. The molecule has 2 N–H and O–H groups in total. The highest BCUT2D eigenvalue weighted by molar-refractivity contribution is 6.31. The molecule has 0 aliphatic rings. The lowest BCUT2D eigenvalue weighted by molar-refractivity contribution is -0.387. The fourth-order valence-electron chi connectivity index (χ4n) is 2.45. The Morgan fingerprint density at radius 1 is 1.17 bits per heavy atom. The van der Waals surface area contributed by atoms with E-state index in [9.17, 15) is 20.0 Å². The molecular formula is C19H13Cl2N3O5. The largest absolute Gasteiger partial charge is 0.488 e. The zero-order chi connectivity index (χ0) is 21.0. The molecule has 0 spiro atoms. The molecule has 8 nitrogen and oxygen atoms in total. The van der Waals surface area contributed by atoms with Crippen molar-refractivity contribution in [3.05, 3.63) is 89.9 Å². The zero-order valence-electron chi connectivity index (χ0n) is 14.6. The van der Waals surface area contributed by atoms with E-state index in [4.69, 9.17) is 27.9 Å². The Morgan fingerprint density at radius 2 is 1.93 bits per heavy atom. The van der Waals surface area contributed by atoms with Crippen molar-refractivity contribution in [2.75, 3.05) is 0 Å². The number of aromatic nitrogens is 2. The van der Waals surface area contributed by atoms with E-state index >= 15 is 0 Å². The first-order valence-electron chi connectivity index (χ1n) is 8.16. The Hall–Kier alpha value is -3.36. The first kappa shape index (κ1) is 20.4. The van der Waals surface area contributed by atoms with Crippen LogP contribution in [0.5, 0.6) is 11.6 Å². The van der Waals surface area contributed by atoms with Crippen molar-refractivity contribution in [3.8, 4) is 11.6 Å². The number of hydrogen-bond acceptors (Lipinski definition) is 6. The second kappa shape index (κ2) is 8.76. The monoisotopic (exact) mass is 433 g/mol. The van der Waals surface area contributed by atoms with Crippen molar-refractivity contribution in [2.24, 2.45) is 0 Å². The summed E-state index contributed by atoms with van der Waals surface area (Å²) in [6, 6.07) is 12.2. The Kier molecular flexibility index (Phi) is 6.16. The fourth-order valence-corrected chi connectivity index (χ4v) is 2.85. The number of nitro groups is 1. The summed E-state index contributed by atoms with van der Waals surface area (Å²) in [5, 5.41) is 21.4. The number of aromatic amines is 1. The number of H-pyrrole nitrogens is 1. The highest BCUT2D eigenvalue weighted by atomic mass is 35.5. The first-order valence-corrected chi connectivity index (χ1v) is 8.91. The van der Waals surface area contributed by atoms with Gasteiger partial charge < -0.3 is 14.8 Å². The number of hydrogen-bond donors (Lipinski definition) is 2. The van der Waals surface area contributed by atoms with Crippen LogP contribution in [0, 0.1) is 10.1 Å². The molecule has 3 rings (SSSR count). The molecule has 0 bridgehead atoms. The smallest absolute Gasteiger partial charge is 0.395 e. The SMILES string of the molecule is O=c1[nH]c(/C=C\c2cc(Cl)ccc2OCc2cccc(Cl)c2)nc(O)c1[N+](=O)[O-]. The summed E-state index contributed by atoms with van der Waals surface area (Å²) < 4.78 is 5.82. The van der Waals surface area contributed by atoms with Gasteiger partial charge in [-0.15, -0.1) is 0 Å². The van der Waals surface area contributed by atoms with Gasteiger partial charge in [0.1, 0.15) is 18.2 Å². The lowest BCUT2D eigenvalue weighted by Crippen LogP contribution is -2.14. The van der Waals surface area contributed by atoms with Crippen LogP contribution in [0.2, 0.25) is 10.0 Å². The highest BCUT2D eigenvalue weighted by Gasteiger charge is 2.21. The van der Waals surface area contributed by atoms with Crippen LogP contribution in [0.15, 0.2) is 47.3 Å². The molecule has 29 heavy (non-hydrogen) atoms. The van der Waals surface area contributed by atoms with Crippen LogP contribution < -0.4 is 10.3 Å². The third kappa shape index (κ3) is 5.13. The fraction of sp³-hybridized carbons (Fsp3) is 0.0526. The summed E-state index contributed by atoms with van der Waals surface area (Å²) >= 11 is 12.0. The Bertz CT molecular complexity index is 1160. The van der Waals surface area contributed by atoms with Crippen molar-refractivity contribution >= 4 is 41.0 Å². The standard InChI is InChI=1S/C19H13Cl2N3O5/c20-13-3-1-2-11(8-13)10-29-15-6-5-14(21)9-12(15)4-7-16-22-18(25)17(24(27)28)19(26)23-16/h1-9H,10H2,(H2,22,23,25,26)/b7-4-. The second-order valence-corrected chi connectivity index (χ2v) is 6.69. The quantitative estimate of drug-likeness (QED) is 0.438. The molecule has 0 atom stereocenters. The number of benzene rings is 2. The van der Waals surface area contributed by atoms with Crippen molar-refractivity contribution in [2.45, 2.75) is 6.61 Å². The number of ether oxygens (including phenoxy) is 1. The lowest BCUT2D eigenvalue weighted by atomic mass is 10.1. The second-order valence-electron chi connectivity index (χ2n) is 5.81. The normalized spacial score (nSPS) is 11.0. The molecule has 0 amide bonds. The average Bonchev–Trinajstić information content (AvgIpc) is 2.65. The number of aromatic hydroxyl groups is 1. The van der Waals surface area contributed by atoms with Gasteiger partial charge in [0, 0.05) is 15.6 Å². The Labute approximate surface area is 174 Å². The van der Waals surface area contributed by atoms with Gasteiger partial charge in [-0.1, -0.05) is 35.3 Å². The molecular weight excluding hydrogens is 421 g/mol. The van der Waals surface area contributed by atoms with Gasteiger partial charge in [0.15, 0.2) is 0 Å². The van der Waals surface area contributed by atoms with Crippen LogP contribution in [0.4, 0.5) is 5.69 Å². The lowest BCUT2D eigenvalue weighted by Gasteiger charge is -2.10. The average molecular weight is 434 g/mol. The molecule has 0 saturated heterocycles. The molecule has 148 valence electrons. The molecule has 0 fully saturated rings. The van der Waals surface area contributed by atoms with Crippen LogP contribution in [0.3, 0.4) is 0 Å². The van der Waals surface area contributed by atoms with Crippen LogP contribution in [0.25, 0.3) is 12.2 Å². The van der Waals surface area contributed by atoms with Gasteiger partial charge in [0.05, 0.1) is 4.92 Å². The molecule has 0 aliphatic carbocycles. The summed E-state index contributed by atoms with van der Waals surface area (Å²) in [6.07, 6.45) is 2.91. The number of nitrogens with one attached hydrogen (secondary N) is 1. The number of nitrogens with zero attached hydrogens (tertiary/aromatic N) is 2. The predicted molar refractivity (Wildman–Crippen MR) is 109 cm³/mol. The van der Waals surface area contributed by atoms with E-state index in [1.54, 1.807) is 36.4 Å². The minimum atomic E-state index is -1.06. The maximum Gasteiger partial charge on any atom is 0.395 e. The molecule has 0 radical (unpaired) electrons. The highest BCUT2D eigenvalue weighted by Crippen LogP contribution is 2.26. The maximum atomic E-state index is 11.7. The number of rotatable bonds is 6. The summed E-state index contributed by atoms with van der Waals surface area (Å²) in [6.45, 7) is 0.260. The van der Waals surface area contributed by atoms with E-state index in [-0.39, 0.29) is 12.4 Å². The van der Waals surface area contributed by atoms with E-state index in [2.05, 4.69) is 9.97 Å². The van der Waals surface area contributed by atoms with Crippen LogP contribution in [-0.2, 0) is 6.61 Å². The Morgan fingerprint density at radius 3 is 2.62 bits per heavy atom. The molecule has 0 saturated carbocycles. The molecule has 0 unspecified atom stereocenters. The molecule has 1 heterocycles. The van der Waals surface area contributed by atoms with Gasteiger partial charge in [-0.25, -0.2) is 0 Å². The maximum absolute atomic E-state index is 11.7. The van der Waals surface area contributed by atoms with Crippen molar-refractivity contribution in [1.82, 2.24) is 9.97 Å². The summed E-state index contributed by atoms with van der Waals surface area (Å²) in [7, 11) is 0. The van der Waals surface area contributed by atoms with E-state index in [1.807, 2.05) is 12.1 Å². The molecule has 2 aromatic carbocycles. The van der Waals surface area contributed by atoms with Crippen LogP contribution in [-0.4, -0.2) is 20.0 Å². The summed E-state index contributed by atoms with van der Waals surface area (Å²) in [5.41, 5.74) is -0.644. The third-order valence-electron chi connectivity index (χ3n) is 3.75. The van der Waals surface area contributed by atoms with Gasteiger partial charge >= 0.3 is 11.2 Å². The van der Waals surface area contributed by atoms with E-state index < -0.39 is 22.0 Å². The van der Waals surface area contributed by atoms with Gasteiger partial charge in [0.2, 0.25) is 0 Å². The third-order valence-corrected chi connectivity index (χ3v) is 4.22. The van der Waals surface area contributed by atoms with Crippen LogP contribution in [0.1, 0.15) is 17.0 Å². The van der Waals surface area contributed by atoms with Crippen molar-refractivity contribution < 1.29 is 14.8 Å². The molecule has 3 aromatic rings. The predicted octanol–water partition coefficient (Wildman–Crippen LogP) is 4.44. The van der Waals surface area contributed by atoms with E-state index in [0.29, 0.717) is 21.4 Å². The van der Waals surface area contributed by atoms with Gasteiger partial charge in [-0.05, 0) is 48.0 Å². The van der Waals surface area contributed by atoms with E-state index in [0.717, 1.165) is 5.56 Å². The topological polar surface area (TPSA) is 118 Å². The Balaban J connectivity index is 1.86. The minimum Gasteiger partial charge on any atom is -0.488 e. The first-order chi connectivity index (χ1) is 13.8. The minimum absolute atomic E-state index is 0.0705. The van der Waals surface area contributed by atoms with Crippen LogP contribution >= 0.6 is 23.2 Å². The van der Waals surface area contributed by atoms with Crippen molar-refractivity contribution in [3.63, 3.8) is 0 Å². The zero-order valence-corrected chi connectivity index (χ0v) is 16.1. The van der Waals surface area contributed by atoms with Gasteiger partial charge in [-0.2, -0.15) is 4.98 Å². The molecule has 10 heteroatoms. The van der Waals surface area contributed by atoms with Gasteiger partial charge in [0.25, 0.3) is 5.88 Å².